The van der Waals surface area contributed by atoms with Crippen molar-refractivity contribution in [1.82, 2.24) is 15.3 Å². The van der Waals surface area contributed by atoms with Crippen molar-refractivity contribution in [3.63, 3.8) is 0 Å². The lowest BCUT2D eigenvalue weighted by Gasteiger charge is -2.13. The van der Waals surface area contributed by atoms with Crippen molar-refractivity contribution in [2.24, 2.45) is 0 Å². The third-order valence-electron chi connectivity index (χ3n) is 4.98. The molecule has 1 heterocycles. The van der Waals surface area contributed by atoms with Gasteiger partial charge in [-0.2, -0.15) is 13.2 Å². The summed E-state index contributed by atoms with van der Waals surface area (Å²) in [6.45, 7) is 1.85. The maximum absolute atomic E-state index is 12.8. The number of nitrogens with one attached hydrogen (secondary N) is 2. The summed E-state index contributed by atoms with van der Waals surface area (Å²) in [5.41, 5.74) is 2.02. The van der Waals surface area contributed by atoms with Crippen molar-refractivity contribution in [1.29, 1.82) is 0 Å². The average Bonchev–Trinajstić information content (AvgIpc) is 3.27. The van der Waals surface area contributed by atoms with E-state index in [1.165, 1.54) is 12.1 Å². The Kier molecular flexibility index (Phi) is 5.03. The molecule has 4 rings (SSSR count). The maximum atomic E-state index is 12.8. The van der Waals surface area contributed by atoms with E-state index in [0.29, 0.717) is 11.1 Å². The quantitative estimate of drug-likeness (QED) is 0.452. The van der Waals surface area contributed by atoms with Gasteiger partial charge < -0.3 is 10.3 Å². The molecule has 0 unspecified atom stereocenters. The molecular weight excluding hydrogens is 391 g/mol. The van der Waals surface area contributed by atoms with Gasteiger partial charge in [0.1, 0.15) is 0 Å². The SMILES string of the molecule is C[C@H](NC(=O)c1ccc2c(-c3ccc(C(F)(F)F)cc3)cccc2c1)c1c[nH]cn1. The van der Waals surface area contributed by atoms with Gasteiger partial charge in [-0.3, -0.25) is 4.79 Å². The van der Waals surface area contributed by atoms with Crippen molar-refractivity contribution < 1.29 is 18.0 Å². The van der Waals surface area contributed by atoms with Crippen LogP contribution in [0.3, 0.4) is 0 Å². The van der Waals surface area contributed by atoms with Crippen LogP contribution in [0.1, 0.15) is 34.6 Å². The molecule has 0 aliphatic heterocycles. The number of imidazole rings is 1. The van der Waals surface area contributed by atoms with Crippen molar-refractivity contribution >= 4 is 16.7 Å². The van der Waals surface area contributed by atoms with Crippen LogP contribution in [0.15, 0.2) is 73.2 Å². The van der Waals surface area contributed by atoms with Gasteiger partial charge in [0.25, 0.3) is 5.91 Å². The summed E-state index contributed by atoms with van der Waals surface area (Å²) in [6, 6.07) is 15.7. The molecule has 0 bridgehead atoms. The molecule has 1 aromatic heterocycles. The molecule has 0 saturated heterocycles. The Morgan fingerprint density at radius 3 is 2.50 bits per heavy atom. The minimum Gasteiger partial charge on any atom is -0.351 e. The lowest BCUT2D eigenvalue weighted by Crippen LogP contribution is -2.26. The molecule has 0 spiro atoms. The van der Waals surface area contributed by atoms with Gasteiger partial charge in [0.05, 0.1) is 23.6 Å². The molecule has 1 amide bonds. The molecular formula is C23H18F3N3O. The normalized spacial score (nSPS) is 12.7. The van der Waals surface area contributed by atoms with E-state index in [-0.39, 0.29) is 11.9 Å². The Morgan fingerprint density at radius 1 is 1.07 bits per heavy atom. The highest BCUT2D eigenvalue weighted by atomic mass is 19.4. The molecule has 7 heteroatoms. The fraction of sp³-hybridized carbons (Fsp3) is 0.130. The second-order valence-electron chi connectivity index (χ2n) is 7.01. The van der Waals surface area contributed by atoms with Gasteiger partial charge in [-0.25, -0.2) is 4.98 Å². The summed E-state index contributed by atoms with van der Waals surface area (Å²) in [7, 11) is 0. The van der Waals surface area contributed by atoms with Crippen LogP contribution in [-0.2, 0) is 6.18 Å². The first kappa shape index (κ1) is 19.7. The Bertz CT molecular complexity index is 1180. The monoisotopic (exact) mass is 409 g/mol. The zero-order chi connectivity index (χ0) is 21.3. The van der Waals surface area contributed by atoms with E-state index in [4.69, 9.17) is 0 Å². The summed E-state index contributed by atoms with van der Waals surface area (Å²) in [4.78, 5) is 19.6. The van der Waals surface area contributed by atoms with Crippen molar-refractivity contribution in [2.75, 3.05) is 0 Å². The van der Waals surface area contributed by atoms with Crippen molar-refractivity contribution in [3.8, 4) is 11.1 Å². The number of amides is 1. The van der Waals surface area contributed by atoms with Gasteiger partial charge in [0.2, 0.25) is 0 Å². The first-order valence-corrected chi connectivity index (χ1v) is 9.33. The Labute approximate surface area is 170 Å². The number of fused-ring (bicyclic) bond motifs is 1. The molecule has 4 aromatic rings. The molecule has 0 aliphatic carbocycles. The number of rotatable bonds is 4. The second-order valence-corrected chi connectivity index (χ2v) is 7.01. The number of alkyl halides is 3. The fourth-order valence-electron chi connectivity index (χ4n) is 3.38. The number of carbonyl (C=O) groups is 1. The van der Waals surface area contributed by atoms with E-state index in [1.54, 1.807) is 24.7 Å². The van der Waals surface area contributed by atoms with Gasteiger partial charge in [-0.1, -0.05) is 36.4 Å². The smallest absolute Gasteiger partial charge is 0.351 e. The summed E-state index contributed by atoms with van der Waals surface area (Å²) < 4.78 is 38.5. The van der Waals surface area contributed by atoms with Gasteiger partial charge in [0.15, 0.2) is 0 Å². The standard InChI is InChI=1S/C23H18F3N3O/c1-14(21-12-27-13-28-21)29-22(30)17-7-10-20-16(11-17)3-2-4-19(20)15-5-8-18(9-6-15)23(24,25)26/h2-14H,1H3,(H,27,28)(H,29,30)/t14-/m0/s1. The predicted octanol–water partition coefficient (Wildman–Crippen LogP) is 5.74. The second kappa shape index (κ2) is 7.67. The molecule has 30 heavy (non-hydrogen) atoms. The number of H-pyrrole nitrogens is 1. The number of hydrogen-bond acceptors (Lipinski definition) is 2. The number of halogens is 3. The van der Waals surface area contributed by atoms with E-state index in [2.05, 4.69) is 15.3 Å². The van der Waals surface area contributed by atoms with Crippen LogP contribution in [0.25, 0.3) is 21.9 Å². The molecule has 0 fully saturated rings. The molecule has 1 atom stereocenters. The van der Waals surface area contributed by atoms with E-state index in [9.17, 15) is 18.0 Å². The maximum Gasteiger partial charge on any atom is 0.416 e. The van der Waals surface area contributed by atoms with Crippen LogP contribution < -0.4 is 5.32 Å². The Morgan fingerprint density at radius 2 is 1.83 bits per heavy atom. The van der Waals surface area contributed by atoms with Crippen LogP contribution in [0.5, 0.6) is 0 Å². The number of carbonyl (C=O) groups excluding carboxylic acids is 1. The molecule has 152 valence electrons. The minimum absolute atomic E-state index is 0.229. The van der Waals surface area contributed by atoms with E-state index < -0.39 is 11.7 Å². The minimum atomic E-state index is -4.37. The molecule has 3 aromatic carbocycles. The van der Waals surface area contributed by atoms with Crippen LogP contribution in [-0.4, -0.2) is 15.9 Å². The zero-order valence-electron chi connectivity index (χ0n) is 16.0. The third-order valence-corrected chi connectivity index (χ3v) is 4.98. The van der Waals surface area contributed by atoms with E-state index >= 15 is 0 Å². The van der Waals surface area contributed by atoms with Crippen molar-refractivity contribution in [3.05, 3.63) is 90.0 Å². The first-order valence-electron chi connectivity index (χ1n) is 9.33. The average molecular weight is 409 g/mol. The Balaban J connectivity index is 1.63. The van der Waals surface area contributed by atoms with Crippen LogP contribution >= 0.6 is 0 Å². The van der Waals surface area contributed by atoms with Gasteiger partial charge in [-0.05, 0) is 53.1 Å². The summed E-state index contributed by atoms with van der Waals surface area (Å²) in [6.07, 6.45) is -1.09. The molecule has 2 N–H and O–H groups in total. The number of nitrogens with zero attached hydrogens (tertiary/aromatic N) is 1. The van der Waals surface area contributed by atoms with Crippen LogP contribution in [0.4, 0.5) is 13.2 Å². The van der Waals surface area contributed by atoms with Gasteiger partial charge in [0, 0.05) is 11.8 Å². The van der Waals surface area contributed by atoms with Crippen molar-refractivity contribution in [2.45, 2.75) is 19.1 Å². The highest BCUT2D eigenvalue weighted by Crippen LogP contribution is 2.33. The first-order chi connectivity index (χ1) is 14.3. The molecule has 0 aliphatic rings. The van der Waals surface area contributed by atoms with Crippen LogP contribution in [0.2, 0.25) is 0 Å². The highest BCUT2D eigenvalue weighted by Gasteiger charge is 2.30. The van der Waals surface area contributed by atoms with Gasteiger partial charge in [-0.15, -0.1) is 0 Å². The summed E-state index contributed by atoms with van der Waals surface area (Å²) in [5.74, 6) is -0.229. The number of benzene rings is 3. The zero-order valence-corrected chi connectivity index (χ0v) is 16.0. The lowest BCUT2D eigenvalue weighted by atomic mass is 9.96. The summed E-state index contributed by atoms with van der Waals surface area (Å²) in [5, 5.41) is 4.58. The fourth-order valence-corrected chi connectivity index (χ4v) is 3.38. The molecule has 0 radical (unpaired) electrons. The topological polar surface area (TPSA) is 57.8 Å². The number of aromatic amines is 1. The third kappa shape index (κ3) is 3.91. The van der Waals surface area contributed by atoms with Gasteiger partial charge >= 0.3 is 6.18 Å². The number of aromatic nitrogens is 2. The Hall–Kier alpha value is -3.61. The summed E-state index contributed by atoms with van der Waals surface area (Å²) >= 11 is 0. The number of hydrogen-bond donors (Lipinski definition) is 2. The lowest BCUT2D eigenvalue weighted by molar-refractivity contribution is -0.137. The molecule has 0 saturated carbocycles. The predicted molar refractivity (Wildman–Crippen MR) is 109 cm³/mol. The highest BCUT2D eigenvalue weighted by molar-refractivity contribution is 6.02. The van der Waals surface area contributed by atoms with E-state index in [0.717, 1.165) is 34.2 Å². The van der Waals surface area contributed by atoms with E-state index in [1.807, 2.05) is 31.2 Å². The van der Waals surface area contributed by atoms with Crippen LogP contribution in [0, 0.1) is 0 Å². The molecule has 4 nitrogen and oxygen atoms in total. The largest absolute Gasteiger partial charge is 0.416 e.